The third kappa shape index (κ3) is 3.35. The van der Waals surface area contributed by atoms with Gasteiger partial charge in [-0.3, -0.25) is 4.79 Å². The lowest BCUT2D eigenvalue weighted by Gasteiger charge is -2.15. The van der Waals surface area contributed by atoms with Crippen LogP contribution in [0.25, 0.3) is 0 Å². The number of nitrogens with one attached hydrogen (secondary N) is 2. The minimum absolute atomic E-state index is 0.0747. The van der Waals surface area contributed by atoms with Gasteiger partial charge < -0.3 is 10.6 Å². The van der Waals surface area contributed by atoms with Crippen molar-refractivity contribution in [2.75, 3.05) is 20.1 Å². The summed E-state index contributed by atoms with van der Waals surface area (Å²) in [6.45, 7) is 3.76. The average Bonchev–Trinajstić information content (AvgIpc) is 2.52. The molecule has 0 aromatic heterocycles. The summed E-state index contributed by atoms with van der Waals surface area (Å²) in [5, 5.41) is 5.80. The molecule has 2 unspecified atom stereocenters. The van der Waals surface area contributed by atoms with Crippen LogP contribution in [0.15, 0.2) is 0 Å². The molecule has 0 spiro atoms. The van der Waals surface area contributed by atoms with Crippen LogP contribution < -0.4 is 10.6 Å². The van der Waals surface area contributed by atoms with Crippen molar-refractivity contribution in [2.45, 2.75) is 26.2 Å². The number of amides is 1. The highest BCUT2D eigenvalue weighted by Gasteiger charge is 2.22. The Labute approximate surface area is 80.3 Å². The van der Waals surface area contributed by atoms with E-state index in [-0.39, 0.29) is 5.91 Å². The molecule has 0 bridgehead atoms. The molecule has 1 fully saturated rings. The van der Waals surface area contributed by atoms with Gasteiger partial charge in [0.15, 0.2) is 0 Å². The monoisotopic (exact) mass is 184 g/mol. The van der Waals surface area contributed by atoms with E-state index in [0.717, 1.165) is 18.4 Å². The Bertz CT molecular complexity index is 170. The second kappa shape index (κ2) is 5.22. The minimum Gasteiger partial charge on any atom is -0.358 e. The fraction of sp³-hybridized carbons (Fsp3) is 0.900. The number of likely N-dealkylation sites (N-methyl/N-ethyl adjacent to an activating group) is 1. The van der Waals surface area contributed by atoms with E-state index in [2.05, 4.69) is 17.6 Å². The molecule has 2 N–H and O–H groups in total. The lowest BCUT2D eigenvalue weighted by atomic mass is 9.98. The van der Waals surface area contributed by atoms with Gasteiger partial charge in [0.1, 0.15) is 0 Å². The molecule has 1 aliphatic rings. The predicted molar refractivity (Wildman–Crippen MR) is 53.4 cm³/mol. The van der Waals surface area contributed by atoms with Crippen LogP contribution >= 0.6 is 0 Å². The van der Waals surface area contributed by atoms with Crippen molar-refractivity contribution >= 4 is 5.91 Å². The summed E-state index contributed by atoms with van der Waals surface area (Å²) >= 11 is 0. The van der Waals surface area contributed by atoms with Gasteiger partial charge in [0.05, 0.1) is 6.54 Å². The lowest BCUT2D eigenvalue weighted by Crippen LogP contribution is -2.34. The quantitative estimate of drug-likeness (QED) is 0.677. The van der Waals surface area contributed by atoms with Crippen LogP contribution in [0, 0.1) is 11.8 Å². The van der Waals surface area contributed by atoms with Crippen molar-refractivity contribution in [1.82, 2.24) is 10.6 Å². The van der Waals surface area contributed by atoms with Crippen molar-refractivity contribution in [1.29, 1.82) is 0 Å². The maximum absolute atomic E-state index is 10.9. The van der Waals surface area contributed by atoms with E-state index in [0.29, 0.717) is 6.54 Å². The van der Waals surface area contributed by atoms with Crippen molar-refractivity contribution in [3.05, 3.63) is 0 Å². The van der Waals surface area contributed by atoms with Crippen LogP contribution in [-0.4, -0.2) is 26.0 Å². The molecule has 3 nitrogen and oxygen atoms in total. The molecular formula is C10H20N2O. The Morgan fingerprint density at radius 1 is 1.46 bits per heavy atom. The van der Waals surface area contributed by atoms with Crippen molar-refractivity contribution in [3.63, 3.8) is 0 Å². The van der Waals surface area contributed by atoms with Crippen molar-refractivity contribution in [3.8, 4) is 0 Å². The minimum atomic E-state index is 0.0747. The van der Waals surface area contributed by atoms with E-state index in [1.165, 1.54) is 19.3 Å². The van der Waals surface area contributed by atoms with Gasteiger partial charge in [-0.2, -0.15) is 0 Å². The van der Waals surface area contributed by atoms with Gasteiger partial charge in [-0.25, -0.2) is 0 Å². The van der Waals surface area contributed by atoms with E-state index in [1.54, 1.807) is 7.05 Å². The summed E-state index contributed by atoms with van der Waals surface area (Å²) in [5.74, 6) is 1.69. The highest BCUT2D eigenvalue weighted by Crippen LogP contribution is 2.30. The molecule has 1 saturated carbocycles. The Kier molecular flexibility index (Phi) is 4.22. The standard InChI is InChI=1S/C10H20N2O/c1-8-4-3-5-9(8)6-12-7-10(13)11-2/h8-9,12H,3-7H2,1-2H3,(H,11,13). The van der Waals surface area contributed by atoms with Crippen molar-refractivity contribution < 1.29 is 4.79 Å². The second-order valence-electron chi connectivity index (χ2n) is 3.97. The largest absolute Gasteiger partial charge is 0.358 e. The Morgan fingerprint density at radius 3 is 2.77 bits per heavy atom. The van der Waals surface area contributed by atoms with Gasteiger partial charge in [0.2, 0.25) is 5.91 Å². The first-order valence-corrected chi connectivity index (χ1v) is 5.15. The first kappa shape index (κ1) is 10.5. The number of rotatable bonds is 4. The topological polar surface area (TPSA) is 41.1 Å². The van der Waals surface area contributed by atoms with Gasteiger partial charge in [-0.15, -0.1) is 0 Å². The van der Waals surface area contributed by atoms with Crippen LogP contribution in [0.2, 0.25) is 0 Å². The molecule has 1 amide bonds. The summed E-state index contributed by atoms with van der Waals surface area (Å²) < 4.78 is 0. The summed E-state index contributed by atoms with van der Waals surface area (Å²) in [5.41, 5.74) is 0. The Hall–Kier alpha value is -0.570. The Balaban J connectivity index is 2.08. The summed E-state index contributed by atoms with van der Waals surface area (Å²) in [6, 6.07) is 0. The van der Waals surface area contributed by atoms with E-state index < -0.39 is 0 Å². The first-order valence-electron chi connectivity index (χ1n) is 5.15. The lowest BCUT2D eigenvalue weighted by molar-refractivity contribution is -0.119. The van der Waals surface area contributed by atoms with Gasteiger partial charge in [-0.05, 0) is 24.8 Å². The normalized spacial score (nSPS) is 27.5. The third-order valence-corrected chi connectivity index (χ3v) is 3.01. The molecule has 1 aliphatic carbocycles. The SMILES string of the molecule is CNC(=O)CNCC1CCCC1C. The second-order valence-corrected chi connectivity index (χ2v) is 3.97. The van der Waals surface area contributed by atoms with Gasteiger partial charge in [0, 0.05) is 7.05 Å². The molecule has 0 aromatic rings. The average molecular weight is 184 g/mol. The highest BCUT2D eigenvalue weighted by atomic mass is 16.1. The highest BCUT2D eigenvalue weighted by molar-refractivity contribution is 5.77. The van der Waals surface area contributed by atoms with E-state index in [4.69, 9.17) is 0 Å². The first-order chi connectivity index (χ1) is 6.24. The summed E-state index contributed by atoms with van der Waals surface area (Å²) in [7, 11) is 1.67. The molecule has 1 rings (SSSR count). The van der Waals surface area contributed by atoms with Crippen LogP contribution in [0.5, 0.6) is 0 Å². The van der Waals surface area contributed by atoms with Crippen LogP contribution in [0.4, 0.5) is 0 Å². The number of carbonyl (C=O) groups excluding carboxylic acids is 1. The molecule has 0 radical (unpaired) electrons. The zero-order valence-electron chi connectivity index (χ0n) is 8.60. The fourth-order valence-electron chi connectivity index (χ4n) is 1.98. The predicted octanol–water partition coefficient (Wildman–Crippen LogP) is 0.758. The van der Waals surface area contributed by atoms with Crippen LogP contribution in [0.1, 0.15) is 26.2 Å². The zero-order valence-corrected chi connectivity index (χ0v) is 8.60. The molecule has 0 aliphatic heterocycles. The maximum atomic E-state index is 10.9. The number of hydrogen-bond donors (Lipinski definition) is 2. The molecule has 0 aromatic carbocycles. The zero-order chi connectivity index (χ0) is 9.68. The summed E-state index contributed by atoms with van der Waals surface area (Å²) in [4.78, 5) is 10.9. The van der Waals surface area contributed by atoms with Crippen molar-refractivity contribution in [2.24, 2.45) is 11.8 Å². The molecule has 0 heterocycles. The van der Waals surface area contributed by atoms with Crippen LogP contribution in [-0.2, 0) is 4.79 Å². The van der Waals surface area contributed by atoms with E-state index >= 15 is 0 Å². The molecule has 3 heteroatoms. The van der Waals surface area contributed by atoms with Gasteiger partial charge >= 0.3 is 0 Å². The molecule has 0 saturated heterocycles. The van der Waals surface area contributed by atoms with Gasteiger partial charge in [-0.1, -0.05) is 19.8 Å². The maximum Gasteiger partial charge on any atom is 0.233 e. The van der Waals surface area contributed by atoms with Gasteiger partial charge in [0.25, 0.3) is 0 Å². The molecule has 13 heavy (non-hydrogen) atoms. The smallest absolute Gasteiger partial charge is 0.233 e. The number of hydrogen-bond acceptors (Lipinski definition) is 2. The number of carbonyl (C=O) groups is 1. The third-order valence-electron chi connectivity index (χ3n) is 3.01. The Morgan fingerprint density at radius 2 is 2.23 bits per heavy atom. The molecule has 76 valence electrons. The molecular weight excluding hydrogens is 164 g/mol. The molecule has 2 atom stereocenters. The summed E-state index contributed by atoms with van der Waals surface area (Å²) in [6.07, 6.45) is 4.03. The fourth-order valence-corrected chi connectivity index (χ4v) is 1.98. The van der Waals surface area contributed by atoms with E-state index in [9.17, 15) is 4.79 Å². The van der Waals surface area contributed by atoms with E-state index in [1.807, 2.05) is 0 Å². The van der Waals surface area contributed by atoms with Crippen LogP contribution in [0.3, 0.4) is 0 Å².